The molecule has 0 heterocycles. The molecule has 1 aromatic rings. The van der Waals surface area contributed by atoms with E-state index in [2.05, 4.69) is 0 Å². The normalized spacial score (nSPS) is 9.92. The Morgan fingerprint density at radius 2 is 2.00 bits per heavy atom. The lowest BCUT2D eigenvalue weighted by Crippen LogP contribution is -1.98. The SMILES string of the molecule is O=C(O)c1ccc(Cl)c(F)c1Cl. The Kier molecular flexibility index (Phi) is 2.55. The van der Waals surface area contributed by atoms with Crippen LogP contribution in [0.25, 0.3) is 0 Å². The molecule has 2 nitrogen and oxygen atoms in total. The minimum absolute atomic E-state index is 0.190. The molecule has 0 atom stereocenters. The number of carbonyl (C=O) groups is 1. The zero-order valence-electron chi connectivity index (χ0n) is 5.64. The molecule has 0 spiro atoms. The van der Waals surface area contributed by atoms with Crippen molar-refractivity contribution in [3.63, 3.8) is 0 Å². The molecular formula is C7H3Cl2FO2. The van der Waals surface area contributed by atoms with Crippen molar-refractivity contribution < 1.29 is 14.3 Å². The van der Waals surface area contributed by atoms with Gasteiger partial charge in [0.25, 0.3) is 0 Å². The minimum atomic E-state index is -1.28. The maximum Gasteiger partial charge on any atom is 0.337 e. The van der Waals surface area contributed by atoms with Crippen LogP contribution < -0.4 is 0 Å². The molecule has 0 saturated heterocycles. The molecule has 1 aromatic carbocycles. The average molecular weight is 209 g/mol. The molecule has 12 heavy (non-hydrogen) atoms. The van der Waals surface area contributed by atoms with Gasteiger partial charge >= 0.3 is 5.97 Å². The van der Waals surface area contributed by atoms with Crippen molar-refractivity contribution in [3.8, 4) is 0 Å². The number of halogens is 3. The van der Waals surface area contributed by atoms with Crippen LogP contribution in [0.3, 0.4) is 0 Å². The summed E-state index contributed by atoms with van der Waals surface area (Å²) in [5.74, 6) is -2.19. The minimum Gasteiger partial charge on any atom is -0.478 e. The van der Waals surface area contributed by atoms with E-state index >= 15 is 0 Å². The lowest BCUT2D eigenvalue weighted by atomic mass is 10.2. The van der Waals surface area contributed by atoms with Crippen LogP contribution >= 0.6 is 23.2 Å². The topological polar surface area (TPSA) is 37.3 Å². The Hall–Kier alpha value is -0.800. The smallest absolute Gasteiger partial charge is 0.337 e. The van der Waals surface area contributed by atoms with E-state index in [4.69, 9.17) is 28.3 Å². The van der Waals surface area contributed by atoms with E-state index in [0.717, 1.165) is 12.1 Å². The Labute approximate surface area is 77.5 Å². The molecule has 0 unspecified atom stereocenters. The highest BCUT2D eigenvalue weighted by Gasteiger charge is 2.14. The van der Waals surface area contributed by atoms with Gasteiger partial charge in [0.05, 0.1) is 15.6 Å². The molecule has 0 aliphatic carbocycles. The summed E-state index contributed by atoms with van der Waals surface area (Å²) in [7, 11) is 0. The number of hydrogen-bond donors (Lipinski definition) is 1. The van der Waals surface area contributed by atoms with Crippen LogP contribution in [0.15, 0.2) is 12.1 Å². The van der Waals surface area contributed by atoms with E-state index in [-0.39, 0.29) is 10.6 Å². The summed E-state index contributed by atoms with van der Waals surface area (Å²) in [5.41, 5.74) is -0.293. The number of aromatic carboxylic acids is 1. The van der Waals surface area contributed by atoms with Crippen LogP contribution in [-0.4, -0.2) is 11.1 Å². The summed E-state index contributed by atoms with van der Waals surface area (Å²) in [6.07, 6.45) is 0. The molecule has 0 saturated carbocycles. The zero-order valence-corrected chi connectivity index (χ0v) is 7.16. The first-order valence-electron chi connectivity index (χ1n) is 2.91. The van der Waals surface area contributed by atoms with Gasteiger partial charge in [-0.1, -0.05) is 23.2 Å². The van der Waals surface area contributed by atoms with Gasteiger partial charge in [-0.3, -0.25) is 0 Å². The molecule has 0 aliphatic heterocycles. The lowest BCUT2D eigenvalue weighted by Gasteiger charge is -2.00. The van der Waals surface area contributed by atoms with E-state index < -0.39 is 16.8 Å². The molecule has 0 aliphatic rings. The number of hydrogen-bond acceptors (Lipinski definition) is 1. The van der Waals surface area contributed by atoms with E-state index in [1.165, 1.54) is 0 Å². The van der Waals surface area contributed by atoms with Crippen molar-refractivity contribution >= 4 is 29.2 Å². The highest BCUT2D eigenvalue weighted by molar-refractivity contribution is 6.36. The maximum atomic E-state index is 12.8. The van der Waals surface area contributed by atoms with Crippen LogP contribution in [0.4, 0.5) is 4.39 Å². The molecular weight excluding hydrogens is 206 g/mol. The molecule has 5 heteroatoms. The Morgan fingerprint density at radius 3 is 2.50 bits per heavy atom. The first-order valence-corrected chi connectivity index (χ1v) is 3.66. The zero-order chi connectivity index (χ0) is 9.30. The summed E-state index contributed by atoms with van der Waals surface area (Å²) in [6.45, 7) is 0. The highest BCUT2D eigenvalue weighted by atomic mass is 35.5. The van der Waals surface area contributed by atoms with Crippen molar-refractivity contribution in [2.45, 2.75) is 0 Å². The highest BCUT2D eigenvalue weighted by Crippen LogP contribution is 2.26. The monoisotopic (exact) mass is 208 g/mol. The summed E-state index contributed by atoms with van der Waals surface area (Å²) < 4.78 is 12.8. The summed E-state index contributed by atoms with van der Waals surface area (Å²) in [6, 6.07) is 2.29. The van der Waals surface area contributed by atoms with Crippen LogP contribution in [-0.2, 0) is 0 Å². The number of benzene rings is 1. The number of carboxylic acid groups (broad SMARTS) is 1. The predicted octanol–water partition coefficient (Wildman–Crippen LogP) is 2.83. The molecule has 1 rings (SSSR count). The van der Waals surface area contributed by atoms with Crippen LogP contribution in [0, 0.1) is 5.82 Å². The first-order chi connectivity index (χ1) is 5.54. The van der Waals surface area contributed by atoms with Gasteiger partial charge in [0.15, 0.2) is 5.82 Å². The lowest BCUT2D eigenvalue weighted by molar-refractivity contribution is 0.0696. The van der Waals surface area contributed by atoms with Crippen molar-refractivity contribution in [1.29, 1.82) is 0 Å². The van der Waals surface area contributed by atoms with Gasteiger partial charge in [-0.05, 0) is 12.1 Å². The average Bonchev–Trinajstić information content (AvgIpc) is 2.00. The molecule has 0 fully saturated rings. The van der Waals surface area contributed by atoms with Crippen molar-refractivity contribution in [2.75, 3.05) is 0 Å². The molecule has 64 valence electrons. The Bertz CT molecular complexity index is 338. The molecule has 0 amide bonds. The molecule has 1 N–H and O–H groups in total. The quantitative estimate of drug-likeness (QED) is 0.722. The molecule has 0 radical (unpaired) electrons. The fraction of sp³-hybridized carbons (Fsp3) is 0. The molecule has 0 aromatic heterocycles. The van der Waals surface area contributed by atoms with Gasteiger partial charge in [0.2, 0.25) is 0 Å². The molecule has 0 bridgehead atoms. The van der Waals surface area contributed by atoms with E-state index in [1.807, 2.05) is 0 Å². The van der Waals surface area contributed by atoms with Gasteiger partial charge < -0.3 is 5.11 Å². The fourth-order valence-electron chi connectivity index (χ4n) is 0.691. The van der Waals surface area contributed by atoms with Crippen LogP contribution in [0.2, 0.25) is 10.0 Å². The van der Waals surface area contributed by atoms with Crippen molar-refractivity contribution in [3.05, 3.63) is 33.6 Å². The van der Waals surface area contributed by atoms with Crippen LogP contribution in [0.1, 0.15) is 10.4 Å². The second kappa shape index (κ2) is 3.29. The van der Waals surface area contributed by atoms with E-state index in [1.54, 1.807) is 0 Å². The third-order valence-corrected chi connectivity index (χ3v) is 1.93. The third-order valence-electron chi connectivity index (χ3n) is 1.27. The predicted molar refractivity (Wildman–Crippen MR) is 43.4 cm³/mol. The van der Waals surface area contributed by atoms with Crippen LogP contribution in [0.5, 0.6) is 0 Å². The van der Waals surface area contributed by atoms with Gasteiger partial charge in [-0.25, -0.2) is 9.18 Å². The van der Waals surface area contributed by atoms with E-state index in [0.29, 0.717) is 0 Å². The van der Waals surface area contributed by atoms with Crippen molar-refractivity contribution in [1.82, 2.24) is 0 Å². The largest absolute Gasteiger partial charge is 0.478 e. The Morgan fingerprint density at radius 1 is 1.42 bits per heavy atom. The summed E-state index contributed by atoms with van der Waals surface area (Å²) >= 11 is 10.7. The van der Waals surface area contributed by atoms with Crippen molar-refractivity contribution in [2.24, 2.45) is 0 Å². The second-order valence-corrected chi connectivity index (χ2v) is 2.81. The first kappa shape index (κ1) is 9.29. The summed E-state index contributed by atoms with van der Waals surface area (Å²) in [4.78, 5) is 10.4. The number of rotatable bonds is 1. The fourth-order valence-corrected chi connectivity index (χ4v) is 1.14. The number of carboxylic acids is 1. The van der Waals surface area contributed by atoms with E-state index in [9.17, 15) is 9.18 Å². The summed E-state index contributed by atoms with van der Waals surface area (Å²) in [5, 5.41) is 7.83. The van der Waals surface area contributed by atoms with Gasteiger partial charge in [-0.15, -0.1) is 0 Å². The van der Waals surface area contributed by atoms with Gasteiger partial charge in [0, 0.05) is 0 Å². The standard InChI is InChI=1S/C7H3Cl2FO2/c8-4-2-1-3(7(11)12)5(9)6(4)10/h1-2H,(H,11,12). The maximum absolute atomic E-state index is 12.8. The third kappa shape index (κ3) is 1.52. The second-order valence-electron chi connectivity index (χ2n) is 2.03. The van der Waals surface area contributed by atoms with Gasteiger partial charge in [0.1, 0.15) is 0 Å². The Balaban J connectivity index is 3.36. The van der Waals surface area contributed by atoms with Gasteiger partial charge in [-0.2, -0.15) is 0 Å².